The van der Waals surface area contributed by atoms with Gasteiger partial charge in [0.1, 0.15) is 18.5 Å². The monoisotopic (exact) mass is 535 g/mol. The Morgan fingerprint density at radius 1 is 1.43 bits per heavy atom. The van der Waals surface area contributed by atoms with Crippen LogP contribution in [0.15, 0.2) is 41.7 Å². The zero-order valence-electron chi connectivity index (χ0n) is 17.1. The molecular weight excluding hydrogens is 507 g/mol. The van der Waals surface area contributed by atoms with E-state index in [9.17, 15) is 8.78 Å². The number of aromatic nitrogens is 2. The second-order valence-electron chi connectivity index (χ2n) is 6.77. The maximum atomic E-state index is 12.3. The van der Waals surface area contributed by atoms with Gasteiger partial charge in [0.2, 0.25) is 0 Å². The summed E-state index contributed by atoms with van der Waals surface area (Å²) in [7, 11) is 1.88. The first-order valence-electron chi connectivity index (χ1n) is 9.68. The van der Waals surface area contributed by atoms with E-state index in [0.717, 1.165) is 30.2 Å². The topological polar surface area (TPSA) is 63.9 Å². The summed E-state index contributed by atoms with van der Waals surface area (Å²) in [5, 5.41) is 7.55. The molecule has 2 heterocycles. The summed E-state index contributed by atoms with van der Waals surface area (Å²) in [6.07, 6.45) is 1.23. The van der Waals surface area contributed by atoms with Crippen molar-refractivity contribution in [3.8, 4) is 5.75 Å². The lowest BCUT2D eigenvalue weighted by atomic mass is 10.1. The van der Waals surface area contributed by atoms with Crippen molar-refractivity contribution in [1.82, 2.24) is 20.0 Å². The minimum absolute atomic E-state index is 0. The van der Waals surface area contributed by atoms with Gasteiger partial charge in [-0.05, 0) is 24.6 Å². The third kappa shape index (κ3) is 7.08. The van der Waals surface area contributed by atoms with Gasteiger partial charge in [-0.15, -0.1) is 24.0 Å². The van der Waals surface area contributed by atoms with Crippen molar-refractivity contribution in [3.63, 3.8) is 0 Å². The Morgan fingerprint density at radius 3 is 2.97 bits per heavy atom. The Morgan fingerprint density at radius 2 is 2.27 bits per heavy atom. The number of rotatable bonds is 7. The molecule has 1 aromatic heterocycles. The molecule has 10 heteroatoms. The van der Waals surface area contributed by atoms with Crippen LogP contribution in [0.5, 0.6) is 5.75 Å². The van der Waals surface area contributed by atoms with E-state index in [1.165, 1.54) is 0 Å². The van der Waals surface area contributed by atoms with Crippen LogP contribution in [-0.2, 0) is 18.3 Å². The third-order valence-electron chi connectivity index (χ3n) is 4.48. The maximum Gasteiger partial charge on any atom is 0.272 e. The highest BCUT2D eigenvalue weighted by Crippen LogP contribution is 2.22. The molecule has 0 bridgehead atoms. The fraction of sp³-hybridized carbons (Fsp3) is 0.500. The molecule has 3 rings (SSSR count). The van der Waals surface area contributed by atoms with Crippen LogP contribution in [0.3, 0.4) is 0 Å². The van der Waals surface area contributed by atoms with Crippen LogP contribution in [0.4, 0.5) is 8.78 Å². The average Bonchev–Trinajstić information content (AvgIpc) is 3.16. The van der Waals surface area contributed by atoms with E-state index in [-0.39, 0.29) is 30.1 Å². The molecule has 1 unspecified atom stereocenters. The Labute approximate surface area is 192 Å². The van der Waals surface area contributed by atoms with Gasteiger partial charge in [0, 0.05) is 31.9 Å². The number of guanidine groups is 1. The lowest BCUT2D eigenvalue weighted by Crippen LogP contribution is -2.48. The highest BCUT2D eigenvalue weighted by molar-refractivity contribution is 14.0. The molecule has 1 atom stereocenters. The van der Waals surface area contributed by atoms with Gasteiger partial charge in [0.15, 0.2) is 5.96 Å². The number of alkyl halides is 2. The quantitative estimate of drug-likeness (QED) is 0.335. The molecule has 166 valence electrons. The zero-order chi connectivity index (χ0) is 20.6. The van der Waals surface area contributed by atoms with Gasteiger partial charge < -0.3 is 19.7 Å². The molecule has 1 fully saturated rings. The largest absolute Gasteiger partial charge is 0.488 e. The fourth-order valence-corrected chi connectivity index (χ4v) is 3.13. The third-order valence-corrected chi connectivity index (χ3v) is 4.48. The minimum atomic E-state index is -2.49. The van der Waals surface area contributed by atoms with Gasteiger partial charge in [-0.1, -0.05) is 12.1 Å². The molecule has 0 radical (unpaired) electrons. The molecule has 30 heavy (non-hydrogen) atoms. The molecule has 7 nitrogen and oxygen atoms in total. The first-order chi connectivity index (χ1) is 14.0. The number of halogens is 3. The lowest BCUT2D eigenvalue weighted by molar-refractivity contribution is -0.00805. The highest BCUT2D eigenvalue weighted by Gasteiger charge is 2.25. The summed E-state index contributed by atoms with van der Waals surface area (Å²) >= 11 is 0. The first kappa shape index (κ1) is 24.3. The molecular formula is C20H28F2IN5O2. The van der Waals surface area contributed by atoms with Crippen LogP contribution >= 0.6 is 24.0 Å². The molecule has 1 aliphatic rings. The second kappa shape index (κ2) is 12.0. The van der Waals surface area contributed by atoms with Gasteiger partial charge in [-0.25, -0.2) is 13.8 Å². The van der Waals surface area contributed by atoms with E-state index in [4.69, 9.17) is 14.5 Å². The lowest BCUT2D eigenvalue weighted by Gasteiger charge is -2.34. The molecule has 0 amide bonds. The van der Waals surface area contributed by atoms with Crippen LogP contribution < -0.4 is 10.1 Å². The van der Waals surface area contributed by atoms with E-state index in [0.29, 0.717) is 25.4 Å². The predicted molar refractivity (Wildman–Crippen MR) is 122 cm³/mol. The Balaban J connectivity index is 0.00000320. The number of benzene rings is 1. The molecule has 0 aliphatic carbocycles. The number of nitrogens with one attached hydrogen (secondary N) is 1. The van der Waals surface area contributed by atoms with Crippen LogP contribution in [0.25, 0.3) is 0 Å². The van der Waals surface area contributed by atoms with Crippen molar-refractivity contribution < 1.29 is 18.3 Å². The second-order valence-corrected chi connectivity index (χ2v) is 6.77. The molecule has 0 saturated carbocycles. The molecule has 2 aromatic rings. The molecule has 1 aliphatic heterocycles. The van der Waals surface area contributed by atoms with Crippen molar-refractivity contribution >= 4 is 29.9 Å². The standard InChI is InChI=1S/C20H27F2N5O2.HI/c1-3-23-20(24-10-15-5-4-6-17(9-15)29-14-19(21)22)27-7-8-28-18(13-27)16-11-25-26(2)12-16;/h4-6,9,11-12,18-19H,3,7-8,10,13-14H2,1-2H3,(H,23,24);1H. The Bertz CT molecular complexity index is 818. The van der Waals surface area contributed by atoms with Gasteiger partial charge in [-0.2, -0.15) is 5.10 Å². The first-order valence-corrected chi connectivity index (χ1v) is 9.68. The SMILES string of the molecule is CCNC(=NCc1cccc(OCC(F)F)c1)N1CCOC(c2cnn(C)c2)C1.I. The van der Waals surface area contributed by atoms with E-state index in [1.807, 2.05) is 32.4 Å². The zero-order valence-corrected chi connectivity index (χ0v) is 19.5. The number of aliphatic imine (C=N–C) groups is 1. The number of hydrogen-bond donors (Lipinski definition) is 1. The number of ether oxygens (including phenoxy) is 2. The normalized spacial score (nSPS) is 17.0. The summed E-state index contributed by atoms with van der Waals surface area (Å²) in [5.41, 5.74) is 1.93. The van der Waals surface area contributed by atoms with Crippen LogP contribution in [0.1, 0.15) is 24.2 Å². The fourth-order valence-electron chi connectivity index (χ4n) is 3.13. The van der Waals surface area contributed by atoms with Crippen molar-refractivity contribution in [2.75, 3.05) is 32.8 Å². The molecule has 1 saturated heterocycles. The van der Waals surface area contributed by atoms with Gasteiger partial charge >= 0.3 is 0 Å². The van der Waals surface area contributed by atoms with Crippen LogP contribution in [-0.4, -0.2) is 59.9 Å². The molecule has 0 spiro atoms. The summed E-state index contributed by atoms with van der Waals surface area (Å²) < 4.78 is 37.5. The number of nitrogens with zero attached hydrogens (tertiary/aromatic N) is 4. The van der Waals surface area contributed by atoms with Crippen molar-refractivity contribution in [1.29, 1.82) is 0 Å². The summed E-state index contributed by atoms with van der Waals surface area (Å²) in [4.78, 5) is 6.90. The summed E-state index contributed by atoms with van der Waals surface area (Å²) in [6, 6.07) is 7.10. The smallest absolute Gasteiger partial charge is 0.272 e. The maximum absolute atomic E-state index is 12.3. The van der Waals surface area contributed by atoms with Crippen molar-refractivity contribution in [2.45, 2.75) is 26.0 Å². The average molecular weight is 535 g/mol. The number of morpholine rings is 1. The van der Waals surface area contributed by atoms with Crippen LogP contribution in [0, 0.1) is 0 Å². The van der Waals surface area contributed by atoms with Crippen LogP contribution in [0.2, 0.25) is 0 Å². The number of hydrogen-bond acceptors (Lipinski definition) is 4. The number of aryl methyl sites for hydroxylation is 1. The predicted octanol–water partition coefficient (Wildman–Crippen LogP) is 3.22. The minimum Gasteiger partial charge on any atom is -0.488 e. The van der Waals surface area contributed by atoms with Gasteiger partial charge in [0.25, 0.3) is 6.43 Å². The van der Waals surface area contributed by atoms with E-state index >= 15 is 0 Å². The Hall–Kier alpha value is -1.95. The summed E-state index contributed by atoms with van der Waals surface area (Å²) in [6.45, 7) is 4.58. The highest BCUT2D eigenvalue weighted by atomic mass is 127. The summed E-state index contributed by atoms with van der Waals surface area (Å²) in [5.74, 6) is 1.22. The van der Waals surface area contributed by atoms with Crippen molar-refractivity contribution in [3.05, 3.63) is 47.8 Å². The van der Waals surface area contributed by atoms with E-state index in [2.05, 4.69) is 15.3 Å². The van der Waals surface area contributed by atoms with Crippen molar-refractivity contribution in [2.24, 2.45) is 12.0 Å². The van der Waals surface area contributed by atoms with Gasteiger partial charge in [0.05, 0.1) is 25.9 Å². The van der Waals surface area contributed by atoms with E-state index < -0.39 is 13.0 Å². The molecule has 1 N–H and O–H groups in total. The Kier molecular flexibility index (Phi) is 9.76. The molecule has 1 aromatic carbocycles. The van der Waals surface area contributed by atoms with Gasteiger partial charge in [-0.3, -0.25) is 4.68 Å². The van der Waals surface area contributed by atoms with E-state index in [1.54, 1.807) is 22.9 Å².